The maximum Gasteiger partial charge on any atom is 0.137 e. The molecular weight excluding hydrogens is 1330 g/mol. The van der Waals surface area contributed by atoms with Crippen LogP contribution in [0.1, 0.15) is 94.5 Å². The zero-order chi connectivity index (χ0) is 72.0. The second-order valence-corrected chi connectivity index (χ2v) is 31.6. The van der Waals surface area contributed by atoms with Crippen LogP contribution in [0.5, 0.6) is 0 Å². The van der Waals surface area contributed by atoms with Gasteiger partial charge in [-0.3, -0.25) is 0 Å². The topological polar surface area (TPSA) is 19.6 Å². The van der Waals surface area contributed by atoms with Crippen molar-refractivity contribution in [2.45, 2.75) is 49.4 Å². The van der Waals surface area contributed by atoms with Gasteiger partial charge >= 0.3 is 0 Å². The lowest BCUT2D eigenvalue weighted by atomic mass is 9.65. The van der Waals surface area contributed by atoms with Crippen LogP contribution in [0, 0.1) is 0 Å². The Hall–Kier alpha value is -12.9. The molecule has 108 heavy (non-hydrogen) atoms. The van der Waals surface area contributed by atoms with E-state index in [-0.39, 0.29) is 10.8 Å². The Morgan fingerprint density at radius 2 is 0.556 bits per heavy atom. The zero-order valence-corrected chi connectivity index (χ0v) is 61.3. The van der Waals surface area contributed by atoms with Gasteiger partial charge in [-0.05, 0) is 208 Å². The van der Waals surface area contributed by atoms with Gasteiger partial charge in [0.15, 0.2) is 0 Å². The summed E-state index contributed by atoms with van der Waals surface area (Å²) in [6.07, 6.45) is 0. The van der Waals surface area contributed by atoms with Crippen LogP contribution in [0.15, 0.2) is 381 Å². The minimum absolute atomic E-state index is 0.0274. The standard InChI is InChI=1S/C52H37NO.C52H37NS/c2*1-51(2)43-21-12-23-45-49(43)50-44(51)22-13-24-46(50)52(45,36-15-5-3-6-16-36)37-17-11-14-35(32-37)34-26-28-39(29-27-34)53(38-18-7-4-8-19-38)40-30-31-42-41-20-9-10-25-47(41)54-48(42)33-40/h2*3-33H,1-2H3. The normalized spacial score (nSPS) is 14.4. The van der Waals surface area contributed by atoms with Crippen molar-refractivity contribution in [3.05, 3.63) is 443 Å². The monoisotopic (exact) mass is 1400 g/mol. The van der Waals surface area contributed by atoms with Crippen molar-refractivity contribution < 1.29 is 4.42 Å². The Bertz CT molecular complexity index is 6090. The Morgan fingerprint density at radius 3 is 1.02 bits per heavy atom. The van der Waals surface area contributed by atoms with Gasteiger partial charge in [-0.2, -0.15) is 0 Å². The summed E-state index contributed by atoms with van der Waals surface area (Å²) in [6, 6.07) is 139. The van der Waals surface area contributed by atoms with Crippen LogP contribution < -0.4 is 9.80 Å². The lowest BCUT2D eigenvalue weighted by molar-refractivity contribution is 0.652. The van der Waals surface area contributed by atoms with Crippen LogP contribution in [0.2, 0.25) is 0 Å². The van der Waals surface area contributed by atoms with E-state index in [1.807, 2.05) is 23.5 Å². The molecule has 3 nitrogen and oxygen atoms in total. The first-order valence-corrected chi connectivity index (χ1v) is 38.5. The summed E-state index contributed by atoms with van der Waals surface area (Å²) in [5, 5.41) is 4.89. The maximum atomic E-state index is 6.32. The Morgan fingerprint density at radius 1 is 0.222 bits per heavy atom. The second-order valence-electron chi connectivity index (χ2n) is 30.5. The van der Waals surface area contributed by atoms with E-state index in [0.29, 0.717) is 0 Å². The molecular formula is C104H74N2OS. The predicted octanol–water partition coefficient (Wildman–Crippen LogP) is 27.9. The summed E-state index contributed by atoms with van der Waals surface area (Å²) in [6.45, 7) is 9.51. The lowest BCUT2D eigenvalue weighted by Gasteiger charge is -2.36. The third-order valence-electron chi connectivity index (χ3n) is 24.3. The molecule has 0 aliphatic heterocycles. The van der Waals surface area contributed by atoms with Gasteiger partial charge in [0.05, 0.1) is 10.8 Å². The number of anilines is 6. The maximum absolute atomic E-state index is 6.32. The molecule has 4 aliphatic carbocycles. The summed E-state index contributed by atoms with van der Waals surface area (Å²) >= 11 is 1.86. The van der Waals surface area contributed by atoms with Crippen LogP contribution in [-0.4, -0.2) is 0 Å². The molecule has 4 aliphatic rings. The molecule has 512 valence electrons. The average molecular weight is 1400 g/mol. The number of hydrogen-bond donors (Lipinski definition) is 0. The summed E-state index contributed by atoms with van der Waals surface area (Å²) in [5.41, 5.74) is 34.5. The number of para-hydroxylation sites is 3. The molecule has 0 saturated heterocycles. The van der Waals surface area contributed by atoms with E-state index in [1.54, 1.807) is 0 Å². The number of fused-ring (bicyclic) bond motifs is 6. The minimum atomic E-state index is -0.427. The highest BCUT2D eigenvalue weighted by Crippen LogP contribution is 2.66. The van der Waals surface area contributed by atoms with Crippen molar-refractivity contribution in [2.75, 3.05) is 9.80 Å². The van der Waals surface area contributed by atoms with Gasteiger partial charge in [-0.15, -0.1) is 11.3 Å². The SMILES string of the molecule is CC1(C)c2cccc3c2-c2c1cccc2C3(c1ccccc1)c1cccc(-c2ccc(N(c3ccccc3)c3ccc4c(c3)oc3ccccc34)cc2)c1.CC1(C)c2cccc3c2-c2c1cccc2C3(c1ccccc1)c1cccc(-c2ccc(N(c3ccccc3)c3ccc4c(c3)sc3ccccc34)cc2)c1. The molecule has 2 aromatic heterocycles. The van der Waals surface area contributed by atoms with Crippen LogP contribution in [0.4, 0.5) is 34.1 Å². The van der Waals surface area contributed by atoms with Crippen LogP contribution in [-0.2, 0) is 21.7 Å². The molecule has 0 N–H and O–H groups in total. The minimum Gasteiger partial charge on any atom is -0.456 e. The highest BCUT2D eigenvalue weighted by atomic mass is 32.1. The lowest BCUT2D eigenvalue weighted by Crippen LogP contribution is -2.30. The largest absolute Gasteiger partial charge is 0.456 e. The van der Waals surface area contributed by atoms with Crippen molar-refractivity contribution >= 4 is 87.6 Å². The van der Waals surface area contributed by atoms with Crippen LogP contribution in [0.3, 0.4) is 0 Å². The van der Waals surface area contributed by atoms with Crippen LogP contribution >= 0.6 is 11.3 Å². The summed E-state index contributed by atoms with van der Waals surface area (Å²) < 4.78 is 8.94. The number of benzene rings is 16. The van der Waals surface area contributed by atoms with E-state index in [1.165, 1.54) is 131 Å². The fourth-order valence-electron chi connectivity index (χ4n) is 19.4. The number of nitrogens with zero attached hydrogens (tertiary/aromatic N) is 2. The number of thiophene rings is 1. The molecule has 0 bridgehead atoms. The quantitative estimate of drug-likeness (QED) is 0.122. The highest BCUT2D eigenvalue weighted by Gasteiger charge is 2.54. The van der Waals surface area contributed by atoms with E-state index < -0.39 is 10.8 Å². The molecule has 0 unspecified atom stereocenters. The van der Waals surface area contributed by atoms with Gasteiger partial charge < -0.3 is 14.2 Å². The van der Waals surface area contributed by atoms with Crippen molar-refractivity contribution in [2.24, 2.45) is 0 Å². The van der Waals surface area contributed by atoms with Gasteiger partial charge in [0, 0.05) is 82.0 Å². The summed E-state index contributed by atoms with van der Waals surface area (Å²) in [5.74, 6) is 0. The Labute approximate surface area is 634 Å². The molecule has 16 aromatic carbocycles. The summed E-state index contributed by atoms with van der Waals surface area (Å²) in [7, 11) is 0. The fourth-order valence-corrected chi connectivity index (χ4v) is 20.5. The van der Waals surface area contributed by atoms with Crippen molar-refractivity contribution in [1.82, 2.24) is 0 Å². The highest BCUT2D eigenvalue weighted by molar-refractivity contribution is 7.25. The van der Waals surface area contributed by atoms with Crippen molar-refractivity contribution in [3.63, 3.8) is 0 Å². The summed E-state index contributed by atoms with van der Waals surface area (Å²) in [4.78, 5) is 4.68. The molecule has 4 heteroatoms. The van der Waals surface area contributed by atoms with E-state index in [9.17, 15) is 0 Å². The Kier molecular flexibility index (Phi) is 14.3. The molecule has 22 rings (SSSR count). The van der Waals surface area contributed by atoms with Gasteiger partial charge in [0.2, 0.25) is 0 Å². The molecule has 0 radical (unpaired) electrons. The smallest absolute Gasteiger partial charge is 0.137 e. The van der Waals surface area contributed by atoms with Crippen LogP contribution in [0.25, 0.3) is 86.6 Å². The zero-order valence-electron chi connectivity index (χ0n) is 60.5. The predicted molar refractivity (Wildman–Crippen MR) is 452 cm³/mol. The average Bonchev–Trinajstić information content (AvgIpc) is 1.51. The third kappa shape index (κ3) is 9.33. The molecule has 18 aromatic rings. The first-order chi connectivity index (χ1) is 53.1. The van der Waals surface area contributed by atoms with Gasteiger partial charge in [-0.1, -0.05) is 301 Å². The molecule has 0 spiro atoms. The van der Waals surface area contributed by atoms with E-state index in [4.69, 9.17) is 4.42 Å². The molecule has 0 amide bonds. The number of hydrogen-bond acceptors (Lipinski definition) is 4. The van der Waals surface area contributed by atoms with Gasteiger partial charge in [-0.25, -0.2) is 0 Å². The first-order valence-electron chi connectivity index (χ1n) is 37.7. The second kappa shape index (κ2) is 24.3. The third-order valence-corrected chi connectivity index (χ3v) is 25.4. The van der Waals surface area contributed by atoms with Crippen molar-refractivity contribution in [1.29, 1.82) is 0 Å². The first kappa shape index (κ1) is 63.6. The Balaban J connectivity index is 0.000000138. The number of rotatable bonds is 12. The van der Waals surface area contributed by atoms with E-state index in [2.05, 4.69) is 401 Å². The molecule has 0 fully saturated rings. The molecule has 0 saturated carbocycles. The molecule has 2 heterocycles. The number of furan rings is 1. The van der Waals surface area contributed by atoms with E-state index >= 15 is 0 Å². The van der Waals surface area contributed by atoms with Crippen molar-refractivity contribution in [3.8, 4) is 44.5 Å². The van der Waals surface area contributed by atoms with Gasteiger partial charge in [0.25, 0.3) is 0 Å². The van der Waals surface area contributed by atoms with Gasteiger partial charge in [0.1, 0.15) is 11.2 Å². The van der Waals surface area contributed by atoms with E-state index in [0.717, 1.165) is 56.1 Å². The molecule has 0 atom stereocenters. The fraction of sp³-hybridized carbons (Fsp3) is 0.0769.